The first-order chi connectivity index (χ1) is 11.5. The molecular formula is C18H32N4O2. The van der Waals surface area contributed by atoms with Crippen LogP contribution < -0.4 is 5.32 Å². The molecule has 1 saturated heterocycles. The number of aromatic nitrogens is 2. The summed E-state index contributed by atoms with van der Waals surface area (Å²) < 4.78 is 1.88. The molecule has 24 heavy (non-hydrogen) atoms. The van der Waals surface area contributed by atoms with E-state index in [1.165, 1.54) is 5.56 Å². The Morgan fingerprint density at radius 3 is 2.75 bits per heavy atom. The van der Waals surface area contributed by atoms with Crippen LogP contribution in [0, 0.1) is 19.8 Å². The third kappa shape index (κ3) is 4.16. The maximum absolute atomic E-state index is 11.9. The van der Waals surface area contributed by atoms with E-state index in [0.717, 1.165) is 43.9 Å². The van der Waals surface area contributed by atoms with E-state index in [1.54, 1.807) is 0 Å². The fraction of sp³-hybridized carbons (Fsp3) is 0.778. The monoisotopic (exact) mass is 336 g/mol. The minimum atomic E-state index is 0.108. The van der Waals surface area contributed by atoms with Crippen LogP contribution in [-0.2, 0) is 17.9 Å². The predicted octanol–water partition coefficient (Wildman–Crippen LogP) is 1.62. The lowest BCUT2D eigenvalue weighted by Crippen LogP contribution is -2.50. The molecule has 0 aromatic carbocycles. The lowest BCUT2D eigenvalue weighted by atomic mass is 9.89. The van der Waals surface area contributed by atoms with Crippen molar-refractivity contribution < 1.29 is 9.90 Å². The Hall–Kier alpha value is -1.40. The molecule has 0 radical (unpaired) electrons. The molecule has 2 N–H and O–H groups in total. The van der Waals surface area contributed by atoms with E-state index in [2.05, 4.69) is 24.3 Å². The minimum Gasteiger partial charge on any atom is -0.394 e. The number of rotatable bonds is 7. The van der Waals surface area contributed by atoms with Crippen LogP contribution in [0.3, 0.4) is 0 Å². The summed E-state index contributed by atoms with van der Waals surface area (Å²) in [5, 5.41) is 17.3. The molecule has 0 aliphatic carbocycles. The molecule has 1 amide bonds. The number of carbonyl (C=O) groups is 1. The van der Waals surface area contributed by atoms with Crippen molar-refractivity contribution in [2.75, 3.05) is 19.7 Å². The lowest BCUT2D eigenvalue weighted by Gasteiger charge is -2.38. The van der Waals surface area contributed by atoms with Gasteiger partial charge in [-0.25, -0.2) is 0 Å². The number of piperidine rings is 1. The molecule has 1 aromatic rings. The summed E-state index contributed by atoms with van der Waals surface area (Å²) in [6.07, 6.45) is 2.68. The Kier molecular flexibility index (Phi) is 6.80. The number of carbonyl (C=O) groups excluding carboxylic acids is 1. The molecule has 6 heteroatoms. The highest BCUT2D eigenvalue weighted by Crippen LogP contribution is 2.22. The first-order valence-corrected chi connectivity index (χ1v) is 9.16. The first-order valence-electron chi connectivity index (χ1n) is 9.16. The molecule has 2 unspecified atom stereocenters. The maximum atomic E-state index is 11.9. The molecule has 2 rings (SSSR count). The molecule has 1 aliphatic rings. The number of amides is 1. The number of hydrogen-bond donors (Lipinski definition) is 2. The summed E-state index contributed by atoms with van der Waals surface area (Å²) in [7, 11) is 0. The van der Waals surface area contributed by atoms with Crippen molar-refractivity contribution in [1.29, 1.82) is 0 Å². The molecule has 0 bridgehead atoms. The summed E-state index contributed by atoms with van der Waals surface area (Å²) in [6.45, 7) is 11.4. The number of aliphatic hydroxyl groups excluding tert-OH is 1. The number of likely N-dealkylation sites (tertiary alicyclic amines) is 1. The summed E-state index contributed by atoms with van der Waals surface area (Å²) >= 11 is 0. The van der Waals surface area contributed by atoms with Crippen LogP contribution in [0.5, 0.6) is 0 Å². The van der Waals surface area contributed by atoms with Crippen molar-refractivity contribution in [3.8, 4) is 0 Å². The second-order valence-corrected chi connectivity index (χ2v) is 6.73. The minimum absolute atomic E-state index is 0.108. The van der Waals surface area contributed by atoms with Crippen molar-refractivity contribution in [1.82, 2.24) is 20.0 Å². The number of aliphatic hydroxyl groups is 1. The van der Waals surface area contributed by atoms with E-state index in [-0.39, 0.29) is 12.5 Å². The molecule has 1 aromatic heterocycles. The van der Waals surface area contributed by atoms with Crippen molar-refractivity contribution in [3.63, 3.8) is 0 Å². The van der Waals surface area contributed by atoms with Crippen molar-refractivity contribution in [2.45, 2.75) is 66.1 Å². The van der Waals surface area contributed by atoms with Crippen molar-refractivity contribution in [3.05, 3.63) is 17.0 Å². The van der Waals surface area contributed by atoms with Crippen LogP contribution in [0.15, 0.2) is 0 Å². The fourth-order valence-corrected chi connectivity index (χ4v) is 3.70. The quantitative estimate of drug-likeness (QED) is 0.794. The van der Waals surface area contributed by atoms with Gasteiger partial charge < -0.3 is 15.3 Å². The van der Waals surface area contributed by atoms with E-state index in [1.807, 2.05) is 23.4 Å². The highest BCUT2D eigenvalue weighted by Gasteiger charge is 2.29. The Balaban J connectivity index is 1.98. The molecular weight excluding hydrogens is 304 g/mol. The van der Waals surface area contributed by atoms with Gasteiger partial charge in [0.2, 0.25) is 5.91 Å². The average molecular weight is 336 g/mol. The number of aryl methyl sites for hydroxylation is 1. The lowest BCUT2D eigenvalue weighted by molar-refractivity contribution is -0.133. The van der Waals surface area contributed by atoms with E-state index in [4.69, 9.17) is 5.11 Å². The molecule has 0 spiro atoms. The van der Waals surface area contributed by atoms with E-state index >= 15 is 0 Å². The Morgan fingerprint density at radius 1 is 1.38 bits per heavy atom. The number of nitrogens with zero attached hydrogens (tertiary/aromatic N) is 3. The zero-order chi connectivity index (χ0) is 17.7. The largest absolute Gasteiger partial charge is 0.394 e. The third-order valence-electron chi connectivity index (χ3n) is 5.30. The molecule has 1 aliphatic heterocycles. The van der Waals surface area contributed by atoms with Crippen LogP contribution in [0.1, 0.15) is 50.1 Å². The maximum Gasteiger partial charge on any atom is 0.222 e. The van der Waals surface area contributed by atoms with Gasteiger partial charge in [0, 0.05) is 43.4 Å². The van der Waals surface area contributed by atoms with Gasteiger partial charge in [-0.05, 0) is 26.2 Å². The first kappa shape index (κ1) is 18.9. The Morgan fingerprint density at radius 2 is 2.12 bits per heavy atom. The smallest absolute Gasteiger partial charge is 0.222 e. The Labute approximate surface area is 145 Å². The molecule has 2 atom stereocenters. The molecule has 2 heterocycles. The van der Waals surface area contributed by atoms with E-state index < -0.39 is 0 Å². The second-order valence-electron chi connectivity index (χ2n) is 6.73. The van der Waals surface area contributed by atoms with E-state index in [9.17, 15) is 4.79 Å². The standard InChI is InChI=1S/C18H32N4O2/c1-5-15-12-21(18(24)6-2)8-7-17(15)19-11-16-13(3)20-22(9-10-23)14(16)4/h15,17,19,23H,5-12H2,1-4H3. The van der Waals surface area contributed by atoms with Crippen molar-refractivity contribution >= 4 is 5.91 Å². The molecule has 0 saturated carbocycles. The van der Waals surface area contributed by atoms with Crippen LogP contribution >= 0.6 is 0 Å². The van der Waals surface area contributed by atoms with Crippen LogP contribution in [0.25, 0.3) is 0 Å². The molecule has 1 fully saturated rings. The summed E-state index contributed by atoms with van der Waals surface area (Å²) in [6, 6.07) is 0.441. The summed E-state index contributed by atoms with van der Waals surface area (Å²) in [4.78, 5) is 14.0. The van der Waals surface area contributed by atoms with Crippen LogP contribution in [0.2, 0.25) is 0 Å². The van der Waals surface area contributed by atoms with E-state index in [0.29, 0.717) is 24.9 Å². The van der Waals surface area contributed by atoms with Gasteiger partial charge in [0.15, 0.2) is 0 Å². The van der Waals surface area contributed by atoms with Crippen LogP contribution in [-0.4, -0.2) is 51.4 Å². The van der Waals surface area contributed by atoms with Gasteiger partial charge in [-0.2, -0.15) is 5.10 Å². The topological polar surface area (TPSA) is 70.4 Å². The zero-order valence-electron chi connectivity index (χ0n) is 15.5. The fourth-order valence-electron chi connectivity index (χ4n) is 3.70. The van der Waals surface area contributed by atoms with Gasteiger partial charge in [0.05, 0.1) is 18.8 Å². The van der Waals surface area contributed by atoms with Crippen molar-refractivity contribution in [2.24, 2.45) is 5.92 Å². The predicted molar refractivity (Wildman–Crippen MR) is 94.7 cm³/mol. The Bertz CT molecular complexity index is 555. The van der Waals surface area contributed by atoms with Gasteiger partial charge in [-0.15, -0.1) is 0 Å². The summed E-state index contributed by atoms with van der Waals surface area (Å²) in [5.41, 5.74) is 3.38. The highest BCUT2D eigenvalue weighted by molar-refractivity contribution is 5.75. The summed E-state index contributed by atoms with van der Waals surface area (Å²) in [5.74, 6) is 0.770. The molecule has 136 valence electrons. The van der Waals surface area contributed by atoms with Gasteiger partial charge >= 0.3 is 0 Å². The average Bonchev–Trinajstić information content (AvgIpc) is 2.86. The second kappa shape index (κ2) is 8.62. The highest BCUT2D eigenvalue weighted by atomic mass is 16.3. The number of nitrogens with one attached hydrogen (secondary N) is 1. The van der Waals surface area contributed by atoms with Gasteiger partial charge in [0.1, 0.15) is 0 Å². The van der Waals surface area contributed by atoms with Gasteiger partial charge in [-0.3, -0.25) is 9.48 Å². The normalized spacial score (nSPS) is 21.3. The van der Waals surface area contributed by atoms with Crippen LogP contribution in [0.4, 0.5) is 0 Å². The van der Waals surface area contributed by atoms with Gasteiger partial charge in [0.25, 0.3) is 0 Å². The molecule has 6 nitrogen and oxygen atoms in total. The zero-order valence-corrected chi connectivity index (χ0v) is 15.5. The number of hydrogen-bond acceptors (Lipinski definition) is 4. The SMILES string of the molecule is CCC(=O)N1CCC(NCc2c(C)nn(CCO)c2C)C(CC)C1. The van der Waals surface area contributed by atoms with Gasteiger partial charge in [-0.1, -0.05) is 20.3 Å². The third-order valence-corrected chi connectivity index (χ3v) is 5.30.